The van der Waals surface area contributed by atoms with E-state index in [9.17, 15) is 9.59 Å². The summed E-state index contributed by atoms with van der Waals surface area (Å²) in [5.41, 5.74) is 1.31. The minimum Gasteiger partial charge on any atom is -0.492 e. The van der Waals surface area contributed by atoms with E-state index in [-0.39, 0.29) is 17.4 Å². The number of carbonyl (C=O) groups excluding carboxylic acids is 1. The van der Waals surface area contributed by atoms with Gasteiger partial charge in [0.15, 0.2) is 0 Å². The molecule has 0 N–H and O–H groups in total. The van der Waals surface area contributed by atoms with Crippen molar-refractivity contribution in [3.63, 3.8) is 0 Å². The highest BCUT2D eigenvalue weighted by molar-refractivity contribution is 6.42. The van der Waals surface area contributed by atoms with Crippen LogP contribution >= 0.6 is 23.2 Å². The van der Waals surface area contributed by atoms with Gasteiger partial charge in [-0.25, -0.2) is 4.98 Å². The number of ether oxygens (including phenoxy) is 1. The van der Waals surface area contributed by atoms with Gasteiger partial charge in [0.05, 0.1) is 39.3 Å². The predicted molar refractivity (Wildman–Crippen MR) is 149 cm³/mol. The van der Waals surface area contributed by atoms with Crippen LogP contribution in [0.4, 0.5) is 0 Å². The van der Waals surface area contributed by atoms with Crippen LogP contribution < -0.4 is 10.3 Å². The Hall–Kier alpha value is -3.35. The number of carbonyl (C=O) groups is 1. The van der Waals surface area contributed by atoms with E-state index in [0.717, 1.165) is 0 Å². The molecule has 37 heavy (non-hydrogen) atoms. The lowest BCUT2D eigenvalue weighted by atomic mass is 10.1. The molecular formula is C29H29Cl2N3O3. The number of halogens is 2. The van der Waals surface area contributed by atoms with Crippen LogP contribution in [0.1, 0.15) is 49.9 Å². The maximum absolute atomic E-state index is 13.9. The average molecular weight is 538 g/mol. The molecule has 3 aromatic carbocycles. The van der Waals surface area contributed by atoms with Crippen molar-refractivity contribution in [2.75, 3.05) is 13.2 Å². The minimum absolute atomic E-state index is 0.158. The maximum atomic E-state index is 13.9. The summed E-state index contributed by atoms with van der Waals surface area (Å²) in [6, 6.07) is 18.8. The summed E-state index contributed by atoms with van der Waals surface area (Å²) in [7, 11) is 0. The molecule has 0 saturated carbocycles. The Labute approximate surface area is 226 Å². The molecule has 192 valence electrons. The van der Waals surface area contributed by atoms with Crippen molar-refractivity contribution in [3.05, 3.63) is 98.5 Å². The molecular weight excluding hydrogens is 509 g/mol. The molecule has 0 aliphatic rings. The van der Waals surface area contributed by atoms with Crippen molar-refractivity contribution in [1.29, 1.82) is 0 Å². The third-order valence-electron chi connectivity index (χ3n) is 6.04. The van der Waals surface area contributed by atoms with Gasteiger partial charge in [-0.15, -0.1) is 0 Å². The summed E-state index contributed by atoms with van der Waals surface area (Å²) in [6.45, 7) is 8.72. The molecule has 0 aliphatic heterocycles. The Morgan fingerprint density at radius 1 is 1.00 bits per heavy atom. The van der Waals surface area contributed by atoms with E-state index in [0.29, 0.717) is 56.9 Å². The molecule has 1 atom stereocenters. The number of hydrogen-bond donors (Lipinski definition) is 0. The average Bonchev–Trinajstić information content (AvgIpc) is 2.88. The molecule has 4 rings (SSSR count). The highest BCUT2D eigenvalue weighted by Crippen LogP contribution is 2.30. The largest absolute Gasteiger partial charge is 0.492 e. The molecule has 0 saturated heterocycles. The van der Waals surface area contributed by atoms with E-state index in [1.807, 2.05) is 64.1 Å². The van der Waals surface area contributed by atoms with Crippen molar-refractivity contribution in [1.82, 2.24) is 14.5 Å². The van der Waals surface area contributed by atoms with Gasteiger partial charge >= 0.3 is 0 Å². The fourth-order valence-electron chi connectivity index (χ4n) is 4.33. The molecule has 1 aromatic heterocycles. The number of nitrogens with zero attached hydrogens (tertiary/aromatic N) is 3. The molecule has 0 spiro atoms. The number of amides is 1. The van der Waals surface area contributed by atoms with Crippen LogP contribution in [0.5, 0.6) is 5.75 Å². The lowest BCUT2D eigenvalue weighted by Gasteiger charge is -2.32. The molecule has 0 bridgehead atoms. The van der Waals surface area contributed by atoms with Gasteiger partial charge in [-0.2, -0.15) is 0 Å². The molecule has 1 unspecified atom stereocenters. The highest BCUT2D eigenvalue weighted by atomic mass is 35.5. The SMILES string of the molecule is CCOc1ccccc1-n1c(C(C)N(CC(C)C)C(=O)c2ccc(Cl)c(Cl)c2)nc2ccccc2c1=O. The Kier molecular flexibility index (Phi) is 8.20. The van der Waals surface area contributed by atoms with Crippen LogP contribution in [0.15, 0.2) is 71.5 Å². The quantitative estimate of drug-likeness (QED) is 0.244. The van der Waals surface area contributed by atoms with E-state index >= 15 is 0 Å². The van der Waals surface area contributed by atoms with E-state index in [4.69, 9.17) is 32.9 Å². The lowest BCUT2D eigenvalue weighted by molar-refractivity contribution is 0.0655. The van der Waals surface area contributed by atoms with Crippen LogP contribution in [0, 0.1) is 5.92 Å². The molecule has 1 amide bonds. The summed E-state index contributed by atoms with van der Waals surface area (Å²) in [4.78, 5) is 34.4. The zero-order valence-electron chi connectivity index (χ0n) is 21.2. The predicted octanol–water partition coefficient (Wildman–Crippen LogP) is 6.95. The fourth-order valence-corrected chi connectivity index (χ4v) is 4.63. The summed E-state index contributed by atoms with van der Waals surface area (Å²) < 4.78 is 7.43. The van der Waals surface area contributed by atoms with Crippen molar-refractivity contribution in [2.45, 2.75) is 33.7 Å². The molecule has 8 heteroatoms. The highest BCUT2D eigenvalue weighted by Gasteiger charge is 2.29. The summed E-state index contributed by atoms with van der Waals surface area (Å²) in [6.07, 6.45) is 0. The monoisotopic (exact) mass is 537 g/mol. The van der Waals surface area contributed by atoms with Crippen LogP contribution in [0.3, 0.4) is 0 Å². The van der Waals surface area contributed by atoms with Crippen LogP contribution in [0.2, 0.25) is 10.0 Å². The van der Waals surface area contributed by atoms with E-state index in [1.54, 1.807) is 39.8 Å². The maximum Gasteiger partial charge on any atom is 0.266 e. The Morgan fingerprint density at radius 2 is 1.70 bits per heavy atom. The topological polar surface area (TPSA) is 64.4 Å². The fraction of sp³-hybridized carbons (Fsp3) is 0.276. The molecule has 0 aliphatic carbocycles. The van der Waals surface area contributed by atoms with E-state index < -0.39 is 6.04 Å². The van der Waals surface area contributed by atoms with Crippen molar-refractivity contribution in [2.24, 2.45) is 5.92 Å². The van der Waals surface area contributed by atoms with Gasteiger partial charge < -0.3 is 9.64 Å². The number of hydrogen-bond acceptors (Lipinski definition) is 4. The number of para-hydroxylation sites is 3. The first kappa shape index (κ1) is 26.7. The standard InChI is InChI=1S/C29H29Cl2N3O3/c1-5-37-26-13-9-8-12-25(26)34-27(32-24-11-7-6-10-21(24)29(34)36)19(4)33(17-18(2)3)28(35)20-14-15-22(30)23(31)16-20/h6-16,18-19H,5,17H2,1-4H3. The van der Waals surface area contributed by atoms with Crippen molar-refractivity contribution < 1.29 is 9.53 Å². The number of rotatable bonds is 8. The first-order chi connectivity index (χ1) is 17.7. The third kappa shape index (κ3) is 5.50. The minimum atomic E-state index is -0.559. The summed E-state index contributed by atoms with van der Waals surface area (Å²) in [5, 5.41) is 1.16. The molecule has 4 aromatic rings. The van der Waals surface area contributed by atoms with Crippen molar-refractivity contribution >= 4 is 40.0 Å². The van der Waals surface area contributed by atoms with E-state index in [1.165, 1.54) is 0 Å². The smallest absolute Gasteiger partial charge is 0.266 e. The zero-order chi connectivity index (χ0) is 26.7. The third-order valence-corrected chi connectivity index (χ3v) is 6.78. The molecule has 0 fully saturated rings. The zero-order valence-corrected chi connectivity index (χ0v) is 22.8. The van der Waals surface area contributed by atoms with Crippen LogP contribution in [-0.4, -0.2) is 33.5 Å². The number of benzene rings is 3. The second-order valence-corrected chi connectivity index (χ2v) is 10.00. The second kappa shape index (κ2) is 11.4. The van der Waals surface area contributed by atoms with Gasteiger partial charge in [0.2, 0.25) is 0 Å². The van der Waals surface area contributed by atoms with Gasteiger partial charge in [-0.1, -0.05) is 61.3 Å². The van der Waals surface area contributed by atoms with Crippen molar-refractivity contribution in [3.8, 4) is 11.4 Å². The van der Waals surface area contributed by atoms with Gasteiger partial charge in [0, 0.05) is 12.1 Å². The van der Waals surface area contributed by atoms with Crippen LogP contribution in [0.25, 0.3) is 16.6 Å². The van der Waals surface area contributed by atoms with Gasteiger partial charge in [0.1, 0.15) is 11.6 Å². The number of fused-ring (bicyclic) bond motifs is 1. The van der Waals surface area contributed by atoms with Gasteiger partial charge in [-0.05, 0) is 62.2 Å². The normalized spacial score (nSPS) is 12.1. The molecule has 1 heterocycles. The lowest BCUT2D eigenvalue weighted by Crippen LogP contribution is -2.39. The Bertz CT molecular complexity index is 1500. The summed E-state index contributed by atoms with van der Waals surface area (Å²) in [5.74, 6) is 0.922. The Balaban J connectivity index is 1.94. The first-order valence-corrected chi connectivity index (χ1v) is 13.0. The Morgan fingerprint density at radius 3 is 2.41 bits per heavy atom. The van der Waals surface area contributed by atoms with Gasteiger partial charge in [-0.3, -0.25) is 14.2 Å². The molecule has 6 nitrogen and oxygen atoms in total. The number of aromatic nitrogens is 2. The van der Waals surface area contributed by atoms with Crippen LogP contribution in [-0.2, 0) is 0 Å². The first-order valence-electron chi connectivity index (χ1n) is 12.2. The summed E-state index contributed by atoms with van der Waals surface area (Å²) >= 11 is 12.3. The van der Waals surface area contributed by atoms with Gasteiger partial charge in [0.25, 0.3) is 11.5 Å². The van der Waals surface area contributed by atoms with E-state index in [2.05, 4.69) is 0 Å². The molecule has 0 radical (unpaired) electrons. The second-order valence-electron chi connectivity index (χ2n) is 9.18.